The number of rotatable bonds is 2. The smallest absolute Gasteiger partial charge is 0.139 e. The lowest BCUT2D eigenvalue weighted by molar-refractivity contribution is 0.323. The molecule has 0 aliphatic carbocycles. The van der Waals surface area contributed by atoms with Crippen LogP contribution in [0.3, 0.4) is 0 Å². The molecule has 1 fully saturated rings. The van der Waals surface area contributed by atoms with E-state index in [-0.39, 0.29) is 5.84 Å². The molecule has 0 aromatic carbocycles. The fourth-order valence-corrected chi connectivity index (χ4v) is 2.31. The monoisotopic (exact) mass is 232 g/mol. The molecule has 4 heteroatoms. The highest BCUT2D eigenvalue weighted by Gasteiger charge is 2.25. The number of nitrogens with one attached hydrogen (secondary N) is 1. The lowest BCUT2D eigenvalue weighted by Crippen LogP contribution is -2.39. The highest BCUT2D eigenvalue weighted by Crippen LogP contribution is 2.27. The zero-order valence-electron chi connectivity index (χ0n) is 10.5. The predicted molar refractivity (Wildman–Crippen MR) is 70.4 cm³/mol. The molecule has 1 aromatic rings. The number of nitrogen functional groups attached to an aromatic ring is 1. The maximum Gasteiger partial charge on any atom is 0.139 e. The minimum Gasteiger partial charge on any atom is -0.384 e. The zero-order valence-corrected chi connectivity index (χ0v) is 10.5. The molecule has 2 rings (SSSR count). The van der Waals surface area contributed by atoms with E-state index in [9.17, 15) is 0 Å². The summed E-state index contributed by atoms with van der Waals surface area (Å²) in [5, 5.41) is 7.60. The number of nitrogens with two attached hydrogens (primary N) is 1. The van der Waals surface area contributed by atoms with Gasteiger partial charge in [0, 0.05) is 19.3 Å². The Kier molecular flexibility index (Phi) is 3.31. The quantitative estimate of drug-likeness (QED) is 0.604. The topological polar surface area (TPSA) is 66.0 Å². The summed E-state index contributed by atoms with van der Waals surface area (Å²) in [5.41, 5.74) is 6.34. The second-order valence-corrected chi connectivity index (χ2v) is 4.98. The maximum absolute atomic E-state index is 7.60. The van der Waals surface area contributed by atoms with Crippen molar-refractivity contribution in [2.75, 3.05) is 18.0 Å². The van der Waals surface area contributed by atoms with E-state index in [1.807, 2.05) is 12.1 Å². The van der Waals surface area contributed by atoms with Gasteiger partial charge in [-0.25, -0.2) is 4.98 Å². The molecule has 0 spiro atoms. The van der Waals surface area contributed by atoms with Crippen molar-refractivity contribution in [2.45, 2.75) is 20.3 Å². The molecule has 2 heterocycles. The molecular weight excluding hydrogens is 212 g/mol. The molecule has 4 nitrogen and oxygen atoms in total. The molecule has 92 valence electrons. The Morgan fingerprint density at radius 2 is 2.24 bits per heavy atom. The largest absolute Gasteiger partial charge is 0.384 e. The van der Waals surface area contributed by atoms with Crippen molar-refractivity contribution < 1.29 is 0 Å². The molecule has 0 saturated carbocycles. The molecule has 17 heavy (non-hydrogen) atoms. The number of pyridine rings is 1. The van der Waals surface area contributed by atoms with Crippen molar-refractivity contribution in [1.82, 2.24) is 4.98 Å². The van der Waals surface area contributed by atoms with Gasteiger partial charge in [0.2, 0.25) is 0 Å². The summed E-state index contributed by atoms with van der Waals surface area (Å²) in [6.45, 7) is 6.57. The molecule has 1 aliphatic rings. The summed E-state index contributed by atoms with van der Waals surface area (Å²) in [6.07, 6.45) is 2.94. The molecule has 2 atom stereocenters. The van der Waals surface area contributed by atoms with Gasteiger partial charge in [-0.05, 0) is 30.4 Å². The van der Waals surface area contributed by atoms with Crippen LogP contribution >= 0.6 is 0 Å². The third kappa shape index (κ3) is 2.40. The number of amidine groups is 1. The Labute approximate surface area is 102 Å². The first-order valence-corrected chi connectivity index (χ1v) is 6.14. The van der Waals surface area contributed by atoms with Crippen LogP contribution in [0.4, 0.5) is 5.82 Å². The molecule has 1 aliphatic heterocycles. The van der Waals surface area contributed by atoms with E-state index in [2.05, 4.69) is 23.7 Å². The lowest BCUT2D eigenvalue weighted by Gasteiger charge is -2.36. The van der Waals surface area contributed by atoms with Gasteiger partial charge in [0.15, 0.2) is 0 Å². The van der Waals surface area contributed by atoms with Gasteiger partial charge >= 0.3 is 0 Å². The number of piperidine rings is 1. The second kappa shape index (κ2) is 4.73. The Morgan fingerprint density at radius 1 is 1.47 bits per heavy atom. The van der Waals surface area contributed by atoms with Crippen LogP contribution in [0.15, 0.2) is 18.3 Å². The summed E-state index contributed by atoms with van der Waals surface area (Å²) in [7, 11) is 0. The summed E-state index contributed by atoms with van der Waals surface area (Å²) in [6, 6.07) is 3.70. The van der Waals surface area contributed by atoms with Crippen molar-refractivity contribution in [3.63, 3.8) is 0 Å². The minimum absolute atomic E-state index is 0.0966. The van der Waals surface area contributed by atoms with Crippen molar-refractivity contribution >= 4 is 11.7 Å². The summed E-state index contributed by atoms with van der Waals surface area (Å²) in [4.78, 5) is 6.64. The van der Waals surface area contributed by atoms with Crippen LogP contribution in [0.2, 0.25) is 0 Å². The Bertz CT molecular complexity index is 416. The average molecular weight is 232 g/mol. The second-order valence-electron chi connectivity index (χ2n) is 4.98. The molecule has 0 amide bonds. The Balaban J connectivity index is 2.25. The first kappa shape index (κ1) is 11.9. The third-order valence-corrected chi connectivity index (χ3v) is 3.71. The van der Waals surface area contributed by atoms with Crippen LogP contribution in [0.5, 0.6) is 0 Å². The SMILES string of the molecule is CC1CCN(c2ncccc2C(=N)N)CC1C. The normalized spacial score (nSPS) is 24.7. The standard InChI is InChI=1S/C13H20N4/c1-9-5-7-17(8-10(9)2)13-11(12(14)15)4-3-6-16-13/h3-4,6,9-10H,5,7-8H2,1-2H3,(H3,14,15). The summed E-state index contributed by atoms with van der Waals surface area (Å²) < 4.78 is 0. The number of aromatic nitrogens is 1. The molecular formula is C13H20N4. The average Bonchev–Trinajstić information content (AvgIpc) is 2.32. The van der Waals surface area contributed by atoms with Crippen LogP contribution in [-0.2, 0) is 0 Å². The molecule has 2 unspecified atom stereocenters. The van der Waals surface area contributed by atoms with Crippen LogP contribution in [0.25, 0.3) is 0 Å². The highest BCUT2D eigenvalue weighted by atomic mass is 15.2. The fraction of sp³-hybridized carbons (Fsp3) is 0.538. The molecule has 1 saturated heterocycles. The van der Waals surface area contributed by atoms with E-state index >= 15 is 0 Å². The van der Waals surface area contributed by atoms with Gasteiger partial charge in [0.1, 0.15) is 11.7 Å². The minimum atomic E-state index is 0.0966. The summed E-state index contributed by atoms with van der Waals surface area (Å²) in [5.74, 6) is 2.37. The van der Waals surface area contributed by atoms with Crippen LogP contribution in [0, 0.1) is 17.2 Å². The number of hydrogen-bond donors (Lipinski definition) is 2. The Hall–Kier alpha value is -1.58. The lowest BCUT2D eigenvalue weighted by atomic mass is 9.88. The highest BCUT2D eigenvalue weighted by molar-refractivity contribution is 5.99. The van der Waals surface area contributed by atoms with Crippen molar-refractivity contribution in [3.05, 3.63) is 23.9 Å². The van der Waals surface area contributed by atoms with Gasteiger partial charge in [0.05, 0.1) is 5.56 Å². The summed E-state index contributed by atoms with van der Waals surface area (Å²) >= 11 is 0. The van der Waals surface area contributed by atoms with Crippen LogP contribution in [-0.4, -0.2) is 23.9 Å². The van der Waals surface area contributed by atoms with E-state index in [1.54, 1.807) is 6.20 Å². The first-order chi connectivity index (χ1) is 8.09. The van der Waals surface area contributed by atoms with E-state index in [4.69, 9.17) is 11.1 Å². The zero-order chi connectivity index (χ0) is 12.4. The van der Waals surface area contributed by atoms with E-state index in [0.29, 0.717) is 5.92 Å². The molecule has 0 radical (unpaired) electrons. The number of anilines is 1. The molecule has 1 aromatic heterocycles. The molecule has 0 bridgehead atoms. The first-order valence-electron chi connectivity index (χ1n) is 6.14. The van der Waals surface area contributed by atoms with E-state index in [1.165, 1.54) is 6.42 Å². The number of nitrogens with zero attached hydrogens (tertiary/aromatic N) is 2. The van der Waals surface area contributed by atoms with E-state index < -0.39 is 0 Å². The van der Waals surface area contributed by atoms with Gasteiger partial charge in [0.25, 0.3) is 0 Å². The van der Waals surface area contributed by atoms with E-state index in [0.717, 1.165) is 30.4 Å². The molecule has 3 N–H and O–H groups in total. The van der Waals surface area contributed by atoms with Crippen molar-refractivity contribution in [1.29, 1.82) is 5.41 Å². The van der Waals surface area contributed by atoms with Crippen LogP contribution < -0.4 is 10.6 Å². The van der Waals surface area contributed by atoms with Gasteiger partial charge < -0.3 is 10.6 Å². The van der Waals surface area contributed by atoms with Gasteiger partial charge in [-0.1, -0.05) is 13.8 Å². The number of hydrogen-bond acceptors (Lipinski definition) is 3. The van der Waals surface area contributed by atoms with Crippen molar-refractivity contribution in [2.24, 2.45) is 17.6 Å². The van der Waals surface area contributed by atoms with Gasteiger partial charge in [-0.2, -0.15) is 0 Å². The Morgan fingerprint density at radius 3 is 2.88 bits per heavy atom. The predicted octanol–water partition coefficient (Wildman–Crippen LogP) is 1.85. The van der Waals surface area contributed by atoms with Gasteiger partial charge in [-0.3, -0.25) is 5.41 Å². The third-order valence-electron chi connectivity index (χ3n) is 3.71. The fourth-order valence-electron chi connectivity index (χ4n) is 2.31. The van der Waals surface area contributed by atoms with Crippen LogP contribution in [0.1, 0.15) is 25.8 Å². The van der Waals surface area contributed by atoms with Crippen molar-refractivity contribution in [3.8, 4) is 0 Å². The maximum atomic E-state index is 7.60. The van der Waals surface area contributed by atoms with Gasteiger partial charge in [-0.15, -0.1) is 0 Å².